The summed E-state index contributed by atoms with van der Waals surface area (Å²) in [5.41, 5.74) is 3.74. The number of benzene rings is 1. The van der Waals surface area contributed by atoms with Gasteiger partial charge in [0.25, 0.3) is 0 Å². The number of hydrogen-bond acceptors (Lipinski definition) is 2. The molecule has 86 valence electrons. The van der Waals surface area contributed by atoms with Crippen molar-refractivity contribution in [3.8, 4) is 0 Å². The number of fused-ring (bicyclic) bond motifs is 1. The van der Waals surface area contributed by atoms with Crippen molar-refractivity contribution >= 4 is 22.4 Å². The van der Waals surface area contributed by atoms with Crippen LogP contribution in [0, 0.1) is 6.92 Å². The Morgan fingerprint density at radius 1 is 1.24 bits per heavy atom. The first-order valence-electron chi connectivity index (χ1n) is 5.77. The van der Waals surface area contributed by atoms with Gasteiger partial charge in [0.1, 0.15) is 5.82 Å². The number of imidazole rings is 1. The molecule has 0 aliphatic carbocycles. The molecule has 0 aliphatic heterocycles. The van der Waals surface area contributed by atoms with E-state index >= 15 is 0 Å². The summed E-state index contributed by atoms with van der Waals surface area (Å²) in [4.78, 5) is 4.58. The lowest BCUT2D eigenvalue weighted by Gasteiger charge is -2.05. The molecule has 2 heterocycles. The van der Waals surface area contributed by atoms with E-state index in [9.17, 15) is 0 Å². The lowest BCUT2D eigenvalue weighted by molar-refractivity contribution is 0.693. The predicted molar refractivity (Wildman–Crippen MR) is 72.5 cm³/mol. The third kappa shape index (κ3) is 1.98. The molecular formula is C14H14N2S. The molecule has 0 amide bonds. The van der Waals surface area contributed by atoms with E-state index in [2.05, 4.69) is 51.5 Å². The van der Waals surface area contributed by atoms with Crippen LogP contribution < -0.4 is 0 Å². The highest BCUT2D eigenvalue weighted by molar-refractivity contribution is 7.07. The largest absolute Gasteiger partial charge is 0.328 e. The maximum Gasteiger partial charge on any atom is 0.106 e. The van der Waals surface area contributed by atoms with Gasteiger partial charge in [-0.2, -0.15) is 11.3 Å². The quantitative estimate of drug-likeness (QED) is 0.685. The van der Waals surface area contributed by atoms with Crippen LogP contribution in [0.3, 0.4) is 0 Å². The Hall–Kier alpha value is -1.61. The van der Waals surface area contributed by atoms with Crippen molar-refractivity contribution in [3.05, 3.63) is 52.5 Å². The van der Waals surface area contributed by atoms with Gasteiger partial charge in [0.2, 0.25) is 0 Å². The third-order valence-electron chi connectivity index (χ3n) is 3.05. The number of thiophene rings is 1. The number of aryl methyl sites for hydroxylation is 3. The third-order valence-corrected chi connectivity index (χ3v) is 3.78. The highest BCUT2D eigenvalue weighted by Crippen LogP contribution is 2.16. The standard InChI is InChI=1S/C14H14N2S/c1-11-15-13-4-2-3-5-14(13)16(11)8-6-12-7-9-17-10-12/h2-5,7,9-10H,6,8H2,1H3. The van der Waals surface area contributed by atoms with E-state index in [1.54, 1.807) is 11.3 Å². The lowest BCUT2D eigenvalue weighted by atomic mass is 10.2. The van der Waals surface area contributed by atoms with Crippen LogP contribution in [-0.2, 0) is 13.0 Å². The fraction of sp³-hybridized carbons (Fsp3) is 0.214. The molecule has 2 aromatic heterocycles. The van der Waals surface area contributed by atoms with Crippen molar-refractivity contribution in [2.24, 2.45) is 0 Å². The number of hydrogen-bond donors (Lipinski definition) is 0. The summed E-state index contributed by atoms with van der Waals surface area (Å²) in [7, 11) is 0. The molecule has 0 unspecified atom stereocenters. The minimum absolute atomic E-state index is 1.00. The van der Waals surface area contributed by atoms with Crippen LogP contribution >= 0.6 is 11.3 Å². The highest BCUT2D eigenvalue weighted by atomic mass is 32.1. The molecule has 3 heteroatoms. The first-order valence-corrected chi connectivity index (χ1v) is 6.72. The van der Waals surface area contributed by atoms with Gasteiger partial charge < -0.3 is 4.57 Å². The second-order valence-corrected chi connectivity index (χ2v) is 4.96. The molecule has 0 bridgehead atoms. The Morgan fingerprint density at radius 2 is 2.12 bits per heavy atom. The van der Waals surface area contributed by atoms with Crippen LogP contribution in [0.1, 0.15) is 11.4 Å². The van der Waals surface area contributed by atoms with Gasteiger partial charge in [-0.25, -0.2) is 4.98 Å². The van der Waals surface area contributed by atoms with Gasteiger partial charge in [0, 0.05) is 6.54 Å². The normalized spacial score (nSPS) is 11.1. The molecule has 0 fully saturated rings. The van der Waals surface area contributed by atoms with Crippen LogP contribution in [0.4, 0.5) is 0 Å². The van der Waals surface area contributed by atoms with Gasteiger partial charge >= 0.3 is 0 Å². The number of para-hydroxylation sites is 2. The molecule has 0 atom stereocenters. The molecule has 2 nitrogen and oxygen atoms in total. The van der Waals surface area contributed by atoms with Crippen molar-refractivity contribution < 1.29 is 0 Å². The minimum atomic E-state index is 1.00. The van der Waals surface area contributed by atoms with Crippen LogP contribution in [-0.4, -0.2) is 9.55 Å². The van der Waals surface area contributed by atoms with Gasteiger partial charge in [-0.3, -0.25) is 0 Å². The number of rotatable bonds is 3. The molecule has 0 aliphatic rings. The maximum absolute atomic E-state index is 4.58. The Balaban J connectivity index is 1.92. The van der Waals surface area contributed by atoms with Gasteiger partial charge in [-0.1, -0.05) is 12.1 Å². The topological polar surface area (TPSA) is 17.8 Å². The molecule has 0 saturated heterocycles. The van der Waals surface area contributed by atoms with Gasteiger partial charge in [-0.05, 0) is 47.9 Å². The summed E-state index contributed by atoms with van der Waals surface area (Å²) < 4.78 is 2.30. The SMILES string of the molecule is Cc1nc2ccccc2n1CCc1ccsc1. The average molecular weight is 242 g/mol. The Bertz CT molecular complexity index is 623. The number of nitrogens with zero attached hydrogens (tertiary/aromatic N) is 2. The maximum atomic E-state index is 4.58. The summed E-state index contributed by atoms with van der Waals surface area (Å²) >= 11 is 1.76. The fourth-order valence-electron chi connectivity index (χ4n) is 2.15. The van der Waals surface area contributed by atoms with Crippen molar-refractivity contribution in [3.63, 3.8) is 0 Å². The van der Waals surface area contributed by atoms with E-state index < -0.39 is 0 Å². The molecule has 0 spiro atoms. The molecule has 3 aromatic rings. The first kappa shape index (κ1) is 10.5. The van der Waals surface area contributed by atoms with E-state index in [-0.39, 0.29) is 0 Å². The average Bonchev–Trinajstić information content (AvgIpc) is 2.93. The van der Waals surface area contributed by atoms with Crippen LogP contribution in [0.15, 0.2) is 41.1 Å². The Labute approximate surface area is 105 Å². The van der Waals surface area contributed by atoms with E-state index in [0.29, 0.717) is 0 Å². The van der Waals surface area contributed by atoms with Gasteiger partial charge in [0.15, 0.2) is 0 Å². The smallest absolute Gasteiger partial charge is 0.106 e. The molecule has 0 saturated carbocycles. The Morgan fingerprint density at radius 3 is 2.94 bits per heavy atom. The zero-order valence-electron chi connectivity index (χ0n) is 9.76. The number of aromatic nitrogens is 2. The van der Waals surface area contributed by atoms with Gasteiger partial charge in [0.05, 0.1) is 11.0 Å². The predicted octanol–water partition coefficient (Wildman–Crippen LogP) is 3.65. The van der Waals surface area contributed by atoms with E-state index in [0.717, 1.165) is 24.3 Å². The fourth-order valence-corrected chi connectivity index (χ4v) is 2.86. The van der Waals surface area contributed by atoms with E-state index in [4.69, 9.17) is 0 Å². The lowest BCUT2D eigenvalue weighted by Crippen LogP contribution is -2.02. The molecule has 1 aromatic carbocycles. The molecular weight excluding hydrogens is 228 g/mol. The highest BCUT2D eigenvalue weighted by Gasteiger charge is 2.06. The van der Waals surface area contributed by atoms with E-state index in [1.165, 1.54) is 11.1 Å². The summed E-state index contributed by atoms with van der Waals surface area (Å²) in [6, 6.07) is 10.5. The molecule has 17 heavy (non-hydrogen) atoms. The van der Waals surface area contributed by atoms with E-state index in [1.807, 2.05) is 6.07 Å². The van der Waals surface area contributed by atoms with Crippen molar-refractivity contribution in [1.82, 2.24) is 9.55 Å². The summed E-state index contributed by atoms with van der Waals surface area (Å²) in [6.45, 7) is 3.08. The zero-order chi connectivity index (χ0) is 11.7. The van der Waals surface area contributed by atoms with Crippen molar-refractivity contribution in [2.75, 3.05) is 0 Å². The summed E-state index contributed by atoms with van der Waals surface area (Å²) in [5.74, 6) is 1.10. The van der Waals surface area contributed by atoms with Crippen LogP contribution in [0.2, 0.25) is 0 Å². The van der Waals surface area contributed by atoms with Gasteiger partial charge in [-0.15, -0.1) is 0 Å². The first-order chi connectivity index (χ1) is 8.34. The molecule has 0 N–H and O–H groups in total. The monoisotopic (exact) mass is 242 g/mol. The Kier molecular flexibility index (Phi) is 2.69. The summed E-state index contributed by atoms with van der Waals surface area (Å²) in [5, 5.41) is 4.35. The zero-order valence-corrected chi connectivity index (χ0v) is 10.6. The second kappa shape index (κ2) is 4.34. The van der Waals surface area contributed by atoms with Crippen molar-refractivity contribution in [2.45, 2.75) is 19.9 Å². The van der Waals surface area contributed by atoms with Crippen molar-refractivity contribution in [1.29, 1.82) is 0 Å². The minimum Gasteiger partial charge on any atom is -0.328 e. The molecule has 0 radical (unpaired) electrons. The van der Waals surface area contributed by atoms with Crippen LogP contribution in [0.25, 0.3) is 11.0 Å². The summed E-state index contributed by atoms with van der Waals surface area (Å²) in [6.07, 6.45) is 1.07. The van der Waals surface area contributed by atoms with Crippen LogP contribution in [0.5, 0.6) is 0 Å². The molecule has 3 rings (SSSR count). The second-order valence-electron chi connectivity index (χ2n) is 4.18.